The molecule has 0 amide bonds. The van der Waals surface area contributed by atoms with E-state index >= 15 is 0 Å². The molecule has 1 aliphatic heterocycles. The van der Waals surface area contributed by atoms with E-state index in [0.29, 0.717) is 18.4 Å². The van der Waals surface area contributed by atoms with Gasteiger partial charge in [-0.05, 0) is 30.9 Å². The lowest BCUT2D eigenvalue weighted by Crippen LogP contribution is -2.35. The van der Waals surface area contributed by atoms with Crippen LogP contribution in [0.5, 0.6) is 5.88 Å². The van der Waals surface area contributed by atoms with Crippen LogP contribution in [0.4, 0.5) is 6.01 Å². The number of ether oxygens (including phenoxy) is 1. The standard InChI is InChI=1S/C17H18N4O2/c1-2-4-15-14(3-1)20-17(23-15)21-9-5-13(6-10-21)12-22-16-11-18-7-8-19-16/h1-4,7-8,11,13H,5-6,9-10,12H2. The maximum absolute atomic E-state index is 5.84. The predicted octanol–water partition coefficient (Wildman–Crippen LogP) is 2.91. The van der Waals surface area contributed by atoms with Gasteiger partial charge in [-0.2, -0.15) is 4.98 Å². The van der Waals surface area contributed by atoms with E-state index in [4.69, 9.17) is 9.15 Å². The van der Waals surface area contributed by atoms with E-state index in [2.05, 4.69) is 19.9 Å². The minimum Gasteiger partial charge on any atom is -0.476 e. The maximum atomic E-state index is 5.84. The molecule has 2 aromatic heterocycles. The van der Waals surface area contributed by atoms with Crippen LogP contribution in [0.2, 0.25) is 0 Å². The van der Waals surface area contributed by atoms with E-state index in [-0.39, 0.29) is 0 Å². The number of rotatable bonds is 4. The Hall–Kier alpha value is -2.63. The van der Waals surface area contributed by atoms with Crippen LogP contribution in [-0.4, -0.2) is 34.6 Å². The van der Waals surface area contributed by atoms with Crippen LogP contribution in [0, 0.1) is 5.92 Å². The second-order valence-corrected chi connectivity index (χ2v) is 5.75. The SMILES string of the molecule is c1ccc2oc(N3CCC(COc4cnccn4)CC3)nc2c1. The molecule has 6 heteroatoms. The molecule has 0 atom stereocenters. The molecular formula is C17H18N4O2. The van der Waals surface area contributed by atoms with E-state index in [1.54, 1.807) is 18.6 Å². The van der Waals surface area contributed by atoms with Crippen LogP contribution in [0.1, 0.15) is 12.8 Å². The van der Waals surface area contributed by atoms with Crippen LogP contribution >= 0.6 is 0 Å². The zero-order valence-corrected chi connectivity index (χ0v) is 12.8. The molecule has 23 heavy (non-hydrogen) atoms. The number of hydrogen-bond donors (Lipinski definition) is 0. The molecule has 4 rings (SSSR count). The molecule has 0 bridgehead atoms. The number of nitrogens with zero attached hydrogens (tertiary/aromatic N) is 4. The largest absolute Gasteiger partial charge is 0.476 e. The average Bonchev–Trinajstić information content (AvgIpc) is 3.05. The summed E-state index contributed by atoms with van der Waals surface area (Å²) in [4.78, 5) is 14.9. The molecule has 3 aromatic rings. The first-order valence-corrected chi connectivity index (χ1v) is 7.88. The number of oxazole rings is 1. The maximum Gasteiger partial charge on any atom is 0.298 e. The van der Waals surface area contributed by atoms with Gasteiger partial charge in [-0.3, -0.25) is 4.98 Å². The molecule has 118 valence electrons. The number of piperidine rings is 1. The second kappa shape index (κ2) is 6.24. The van der Waals surface area contributed by atoms with Gasteiger partial charge in [0.2, 0.25) is 5.88 Å². The topological polar surface area (TPSA) is 64.3 Å². The molecule has 1 saturated heterocycles. The second-order valence-electron chi connectivity index (χ2n) is 5.75. The Balaban J connectivity index is 1.33. The fraction of sp³-hybridized carbons (Fsp3) is 0.353. The lowest BCUT2D eigenvalue weighted by molar-refractivity contribution is 0.214. The number of hydrogen-bond acceptors (Lipinski definition) is 6. The molecule has 0 N–H and O–H groups in total. The van der Waals surface area contributed by atoms with E-state index < -0.39 is 0 Å². The smallest absolute Gasteiger partial charge is 0.298 e. The fourth-order valence-electron chi connectivity index (χ4n) is 2.85. The van der Waals surface area contributed by atoms with E-state index in [1.165, 1.54) is 0 Å². The molecule has 1 aromatic carbocycles. The van der Waals surface area contributed by atoms with E-state index in [1.807, 2.05) is 24.3 Å². The van der Waals surface area contributed by atoms with Crippen molar-refractivity contribution < 1.29 is 9.15 Å². The Bertz CT molecular complexity index is 733. The van der Waals surface area contributed by atoms with Crippen molar-refractivity contribution in [2.45, 2.75) is 12.8 Å². The Kier molecular flexibility index (Phi) is 3.80. The van der Waals surface area contributed by atoms with Crippen LogP contribution in [0.15, 0.2) is 47.3 Å². The highest BCUT2D eigenvalue weighted by molar-refractivity contribution is 5.74. The predicted molar refractivity (Wildman–Crippen MR) is 86.5 cm³/mol. The van der Waals surface area contributed by atoms with Crippen molar-refractivity contribution in [3.8, 4) is 5.88 Å². The zero-order chi connectivity index (χ0) is 15.5. The zero-order valence-electron chi connectivity index (χ0n) is 12.8. The Morgan fingerprint density at radius 3 is 2.83 bits per heavy atom. The van der Waals surface area contributed by atoms with Gasteiger partial charge in [0.05, 0.1) is 12.8 Å². The first-order valence-electron chi connectivity index (χ1n) is 7.88. The van der Waals surface area contributed by atoms with Crippen LogP contribution in [-0.2, 0) is 0 Å². The van der Waals surface area contributed by atoms with Crippen molar-refractivity contribution in [1.29, 1.82) is 0 Å². The summed E-state index contributed by atoms with van der Waals surface area (Å²) in [5.41, 5.74) is 1.76. The quantitative estimate of drug-likeness (QED) is 0.738. The molecule has 3 heterocycles. The Morgan fingerprint density at radius 1 is 1.17 bits per heavy atom. The van der Waals surface area contributed by atoms with Gasteiger partial charge in [0.1, 0.15) is 5.52 Å². The molecule has 1 fully saturated rings. The molecule has 1 aliphatic rings. The van der Waals surface area contributed by atoms with Gasteiger partial charge in [-0.15, -0.1) is 0 Å². The molecule has 0 unspecified atom stereocenters. The van der Waals surface area contributed by atoms with Gasteiger partial charge in [0.15, 0.2) is 5.58 Å². The lowest BCUT2D eigenvalue weighted by Gasteiger charge is -2.30. The van der Waals surface area contributed by atoms with Crippen molar-refractivity contribution in [1.82, 2.24) is 15.0 Å². The fourth-order valence-corrected chi connectivity index (χ4v) is 2.85. The summed E-state index contributed by atoms with van der Waals surface area (Å²) in [6.07, 6.45) is 7.04. The summed E-state index contributed by atoms with van der Waals surface area (Å²) in [6, 6.07) is 8.59. The molecule has 6 nitrogen and oxygen atoms in total. The van der Waals surface area contributed by atoms with Gasteiger partial charge < -0.3 is 14.1 Å². The summed E-state index contributed by atoms with van der Waals surface area (Å²) < 4.78 is 11.5. The molecule has 0 saturated carbocycles. The minimum absolute atomic E-state index is 0.526. The summed E-state index contributed by atoms with van der Waals surface area (Å²) >= 11 is 0. The molecule has 0 aliphatic carbocycles. The van der Waals surface area contributed by atoms with Gasteiger partial charge >= 0.3 is 0 Å². The van der Waals surface area contributed by atoms with E-state index in [9.17, 15) is 0 Å². The highest BCUT2D eigenvalue weighted by Gasteiger charge is 2.23. The highest BCUT2D eigenvalue weighted by Crippen LogP contribution is 2.26. The monoisotopic (exact) mass is 310 g/mol. The number of benzene rings is 1. The van der Waals surface area contributed by atoms with Crippen molar-refractivity contribution in [2.75, 3.05) is 24.6 Å². The number of para-hydroxylation sites is 2. The van der Waals surface area contributed by atoms with Crippen LogP contribution < -0.4 is 9.64 Å². The van der Waals surface area contributed by atoms with Gasteiger partial charge in [-0.25, -0.2) is 4.98 Å². The van der Waals surface area contributed by atoms with E-state index in [0.717, 1.165) is 43.0 Å². The average molecular weight is 310 g/mol. The lowest BCUT2D eigenvalue weighted by atomic mass is 9.98. The third kappa shape index (κ3) is 3.11. The van der Waals surface area contributed by atoms with Crippen molar-refractivity contribution in [2.24, 2.45) is 5.92 Å². The number of anilines is 1. The van der Waals surface area contributed by atoms with Gasteiger partial charge in [0.25, 0.3) is 6.01 Å². The van der Waals surface area contributed by atoms with Gasteiger partial charge in [0, 0.05) is 25.5 Å². The first-order chi connectivity index (χ1) is 11.4. The van der Waals surface area contributed by atoms with Gasteiger partial charge in [-0.1, -0.05) is 12.1 Å². The highest BCUT2D eigenvalue weighted by atomic mass is 16.5. The van der Waals surface area contributed by atoms with Crippen molar-refractivity contribution in [3.05, 3.63) is 42.9 Å². The third-order valence-corrected chi connectivity index (χ3v) is 4.17. The molecule has 0 radical (unpaired) electrons. The summed E-state index contributed by atoms with van der Waals surface area (Å²) in [7, 11) is 0. The first kappa shape index (κ1) is 14.0. The third-order valence-electron chi connectivity index (χ3n) is 4.17. The molecular weight excluding hydrogens is 292 g/mol. The summed E-state index contributed by atoms with van der Waals surface area (Å²) in [5.74, 6) is 1.12. The Labute approximate surface area is 134 Å². The molecule has 0 spiro atoms. The van der Waals surface area contributed by atoms with Crippen LogP contribution in [0.3, 0.4) is 0 Å². The minimum atomic E-state index is 0.526. The number of fused-ring (bicyclic) bond motifs is 1. The van der Waals surface area contributed by atoms with Crippen molar-refractivity contribution >= 4 is 17.1 Å². The normalized spacial score (nSPS) is 15.9. The summed E-state index contributed by atoms with van der Waals surface area (Å²) in [5, 5.41) is 0. The van der Waals surface area contributed by atoms with Crippen molar-refractivity contribution in [3.63, 3.8) is 0 Å². The Morgan fingerprint density at radius 2 is 2.04 bits per heavy atom. The number of aromatic nitrogens is 3. The van der Waals surface area contributed by atoms with Crippen LogP contribution in [0.25, 0.3) is 11.1 Å². The summed E-state index contributed by atoms with van der Waals surface area (Å²) in [6.45, 7) is 2.54.